The molecule has 1 saturated heterocycles. The first-order valence-electron chi connectivity index (χ1n) is 7.65. The smallest absolute Gasteiger partial charge is 0.271 e. The van der Waals surface area contributed by atoms with Crippen molar-refractivity contribution in [2.75, 3.05) is 25.0 Å². The number of fused-ring (bicyclic) bond motifs is 1. The van der Waals surface area contributed by atoms with Gasteiger partial charge < -0.3 is 15.3 Å². The van der Waals surface area contributed by atoms with Gasteiger partial charge in [-0.15, -0.1) is 0 Å². The highest BCUT2D eigenvalue weighted by Crippen LogP contribution is 2.28. The number of pyridine rings is 1. The predicted octanol–water partition coefficient (Wildman–Crippen LogP) is 1.34. The van der Waals surface area contributed by atoms with Gasteiger partial charge >= 0.3 is 0 Å². The van der Waals surface area contributed by atoms with Gasteiger partial charge in [0.25, 0.3) is 5.91 Å². The molecule has 3 rings (SSSR count). The number of aromatic nitrogens is 2. The molecule has 0 radical (unpaired) electrons. The molecular formula is C16H22N4O2. The number of carbonyl (C=O) groups is 1. The second-order valence-corrected chi connectivity index (χ2v) is 6.08. The van der Waals surface area contributed by atoms with Crippen molar-refractivity contribution in [2.45, 2.75) is 26.9 Å². The van der Waals surface area contributed by atoms with E-state index in [0.29, 0.717) is 17.2 Å². The van der Waals surface area contributed by atoms with E-state index in [0.717, 1.165) is 29.9 Å². The van der Waals surface area contributed by atoms with Gasteiger partial charge in [0.1, 0.15) is 0 Å². The van der Waals surface area contributed by atoms with Crippen molar-refractivity contribution in [3.63, 3.8) is 0 Å². The Bertz CT molecular complexity index is 722. The molecule has 2 aromatic heterocycles. The van der Waals surface area contributed by atoms with E-state index in [-0.39, 0.29) is 12.5 Å². The summed E-state index contributed by atoms with van der Waals surface area (Å²) in [6, 6.07) is 2.11. The number of aliphatic hydroxyl groups is 1. The largest absolute Gasteiger partial charge is 0.392 e. The van der Waals surface area contributed by atoms with E-state index in [4.69, 9.17) is 0 Å². The second kappa shape index (κ2) is 5.61. The Kier molecular flexibility index (Phi) is 3.78. The number of nitrogens with zero attached hydrogens (tertiary/aromatic N) is 3. The van der Waals surface area contributed by atoms with E-state index in [9.17, 15) is 9.90 Å². The van der Waals surface area contributed by atoms with Crippen molar-refractivity contribution in [1.82, 2.24) is 14.9 Å². The van der Waals surface area contributed by atoms with Crippen molar-refractivity contribution < 1.29 is 9.90 Å². The van der Waals surface area contributed by atoms with Crippen LogP contribution in [-0.4, -0.2) is 40.8 Å². The Balaban J connectivity index is 2.12. The molecule has 1 atom stereocenters. The van der Waals surface area contributed by atoms with Gasteiger partial charge in [-0.1, -0.05) is 6.92 Å². The van der Waals surface area contributed by atoms with E-state index in [1.165, 1.54) is 6.42 Å². The molecule has 2 N–H and O–H groups in total. The van der Waals surface area contributed by atoms with Crippen LogP contribution in [0.4, 0.5) is 5.69 Å². The van der Waals surface area contributed by atoms with Crippen molar-refractivity contribution in [3.8, 4) is 0 Å². The summed E-state index contributed by atoms with van der Waals surface area (Å²) in [6.07, 6.45) is 3.15. The van der Waals surface area contributed by atoms with Crippen LogP contribution in [0.1, 0.15) is 35.0 Å². The normalized spacial score (nSPS) is 18.2. The number of aliphatic hydroxyl groups excluding tert-OH is 1. The monoisotopic (exact) mass is 302 g/mol. The van der Waals surface area contributed by atoms with Crippen LogP contribution in [-0.2, 0) is 6.61 Å². The Hall–Kier alpha value is -2.08. The molecule has 6 nitrogen and oxygen atoms in total. The summed E-state index contributed by atoms with van der Waals surface area (Å²) in [5, 5.41) is 16.6. The van der Waals surface area contributed by atoms with E-state index in [1.807, 2.05) is 13.1 Å². The molecule has 2 aromatic rings. The molecule has 3 heterocycles. The fourth-order valence-corrected chi connectivity index (χ4v) is 3.23. The number of rotatable bonds is 3. The van der Waals surface area contributed by atoms with Gasteiger partial charge in [0.2, 0.25) is 0 Å². The van der Waals surface area contributed by atoms with Gasteiger partial charge in [-0.05, 0) is 30.9 Å². The number of aryl methyl sites for hydroxylation is 1. The topological polar surface area (TPSA) is 69.9 Å². The van der Waals surface area contributed by atoms with Gasteiger partial charge in [0.05, 0.1) is 24.0 Å². The van der Waals surface area contributed by atoms with Crippen LogP contribution in [0, 0.1) is 12.8 Å². The molecule has 1 aliphatic heterocycles. The molecule has 0 aromatic carbocycles. The summed E-state index contributed by atoms with van der Waals surface area (Å²) < 4.78 is 1.73. The minimum atomic E-state index is -0.275. The van der Waals surface area contributed by atoms with Crippen LogP contribution in [0.15, 0.2) is 12.3 Å². The Morgan fingerprint density at radius 2 is 2.32 bits per heavy atom. The molecular weight excluding hydrogens is 280 g/mol. The highest BCUT2D eigenvalue weighted by Gasteiger charge is 2.23. The standard InChI is InChI=1S/C16H22N4O2/c1-10-4-5-19(7-10)12-6-11(2)15-13(9-21)14(16(22)17-3)18-20(15)8-12/h6,8,10,21H,4-5,7,9H2,1-3H3,(H,17,22). The lowest BCUT2D eigenvalue weighted by molar-refractivity contribution is 0.0955. The summed E-state index contributed by atoms with van der Waals surface area (Å²) in [6.45, 7) is 6.14. The van der Waals surface area contributed by atoms with Gasteiger partial charge in [-0.3, -0.25) is 4.79 Å². The number of anilines is 1. The van der Waals surface area contributed by atoms with E-state index in [2.05, 4.69) is 28.3 Å². The number of amides is 1. The molecule has 118 valence electrons. The molecule has 0 spiro atoms. The molecule has 0 aliphatic carbocycles. The molecule has 6 heteroatoms. The van der Waals surface area contributed by atoms with E-state index >= 15 is 0 Å². The zero-order valence-electron chi connectivity index (χ0n) is 13.3. The quantitative estimate of drug-likeness (QED) is 0.898. The Morgan fingerprint density at radius 1 is 1.55 bits per heavy atom. The van der Waals surface area contributed by atoms with Gasteiger partial charge in [-0.25, -0.2) is 4.52 Å². The average molecular weight is 302 g/mol. The maximum absolute atomic E-state index is 11.9. The molecule has 0 saturated carbocycles. The second-order valence-electron chi connectivity index (χ2n) is 6.08. The first kappa shape index (κ1) is 14.8. The van der Waals surface area contributed by atoms with Gasteiger partial charge in [-0.2, -0.15) is 5.10 Å². The molecule has 0 bridgehead atoms. The van der Waals surface area contributed by atoms with E-state index < -0.39 is 0 Å². The van der Waals surface area contributed by atoms with Gasteiger partial charge in [0.15, 0.2) is 5.69 Å². The van der Waals surface area contributed by atoms with Gasteiger partial charge in [0, 0.05) is 25.7 Å². The lowest BCUT2D eigenvalue weighted by Crippen LogP contribution is -2.20. The summed E-state index contributed by atoms with van der Waals surface area (Å²) >= 11 is 0. The van der Waals surface area contributed by atoms with Crippen LogP contribution in [0.25, 0.3) is 5.52 Å². The maximum Gasteiger partial charge on any atom is 0.271 e. The summed E-state index contributed by atoms with van der Waals surface area (Å²) in [4.78, 5) is 14.3. The number of carbonyl (C=O) groups excluding carboxylic acids is 1. The van der Waals surface area contributed by atoms with E-state index in [1.54, 1.807) is 11.6 Å². The third-order valence-corrected chi connectivity index (χ3v) is 4.39. The third-order valence-electron chi connectivity index (χ3n) is 4.39. The average Bonchev–Trinajstić information content (AvgIpc) is 3.09. The van der Waals surface area contributed by atoms with Crippen molar-refractivity contribution in [1.29, 1.82) is 0 Å². The molecule has 1 amide bonds. The Labute approximate surface area is 129 Å². The number of hydrogen-bond donors (Lipinski definition) is 2. The lowest BCUT2D eigenvalue weighted by atomic mass is 10.1. The highest BCUT2D eigenvalue weighted by atomic mass is 16.3. The molecule has 1 unspecified atom stereocenters. The van der Waals surface area contributed by atoms with Crippen molar-refractivity contribution in [2.24, 2.45) is 5.92 Å². The summed E-state index contributed by atoms with van der Waals surface area (Å²) in [5.41, 5.74) is 3.82. The SMILES string of the molecule is CNC(=O)c1nn2cc(N3CCC(C)C3)cc(C)c2c1CO. The van der Waals surface area contributed by atoms with Crippen molar-refractivity contribution >= 4 is 17.1 Å². The molecule has 1 fully saturated rings. The number of hydrogen-bond acceptors (Lipinski definition) is 4. The van der Waals surface area contributed by atoms with Crippen LogP contribution >= 0.6 is 0 Å². The zero-order valence-corrected chi connectivity index (χ0v) is 13.3. The predicted molar refractivity (Wildman–Crippen MR) is 85.2 cm³/mol. The highest BCUT2D eigenvalue weighted by molar-refractivity contribution is 5.96. The molecule has 22 heavy (non-hydrogen) atoms. The van der Waals surface area contributed by atoms with Crippen LogP contribution < -0.4 is 10.2 Å². The van der Waals surface area contributed by atoms with Crippen LogP contribution in [0.2, 0.25) is 0 Å². The zero-order chi connectivity index (χ0) is 15.9. The van der Waals surface area contributed by atoms with Crippen LogP contribution in [0.3, 0.4) is 0 Å². The first-order valence-corrected chi connectivity index (χ1v) is 7.65. The summed E-state index contributed by atoms with van der Waals surface area (Å²) in [5.74, 6) is 0.423. The lowest BCUT2D eigenvalue weighted by Gasteiger charge is -2.19. The number of nitrogens with one attached hydrogen (secondary N) is 1. The third kappa shape index (κ3) is 2.33. The maximum atomic E-state index is 11.9. The minimum Gasteiger partial charge on any atom is -0.392 e. The Morgan fingerprint density at radius 3 is 2.91 bits per heavy atom. The minimum absolute atomic E-state index is 0.201. The first-order chi connectivity index (χ1) is 10.5. The molecule has 1 aliphatic rings. The fourth-order valence-electron chi connectivity index (χ4n) is 3.23. The van der Waals surface area contributed by atoms with Crippen LogP contribution in [0.5, 0.6) is 0 Å². The fraction of sp³-hybridized carbons (Fsp3) is 0.500. The summed E-state index contributed by atoms with van der Waals surface area (Å²) in [7, 11) is 1.57. The van der Waals surface area contributed by atoms with Crippen molar-refractivity contribution in [3.05, 3.63) is 29.1 Å².